The molecule has 0 aliphatic heterocycles. The van der Waals surface area contributed by atoms with Gasteiger partial charge in [-0.25, -0.2) is 0 Å². The first-order chi connectivity index (χ1) is 6.15. The zero-order valence-corrected chi connectivity index (χ0v) is 7.73. The maximum absolute atomic E-state index is 11.5. The Bertz CT molecular complexity index is 223. The van der Waals surface area contributed by atoms with Crippen molar-refractivity contribution in [2.24, 2.45) is 16.8 Å². The molecule has 1 rings (SSSR count). The first kappa shape index (κ1) is 9.83. The third-order valence-electron chi connectivity index (χ3n) is 2.36. The van der Waals surface area contributed by atoms with E-state index < -0.39 is 0 Å². The van der Waals surface area contributed by atoms with E-state index in [2.05, 4.69) is 5.16 Å². The Morgan fingerprint density at radius 1 is 1.69 bits per heavy atom. The number of amidine groups is 1. The first-order valence-corrected chi connectivity index (χ1v) is 4.36. The number of oxime groups is 1. The van der Waals surface area contributed by atoms with E-state index in [1.54, 1.807) is 7.05 Å². The van der Waals surface area contributed by atoms with Crippen LogP contribution in [0.4, 0.5) is 0 Å². The molecule has 13 heavy (non-hydrogen) atoms. The third-order valence-corrected chi connectivity index (χ3v) is 2.36. The van der Waals surface area contributed by atoms with Gasteiger partial charge in [0.1, 0.15) is 0 Å². The van der Waals surface area contributed by atoms with Crippen LogP contribution in [-0.4, -0.2) is 35.4 Å². The summed E-state index contributed by atoms with van der Waals surface area (Å²) in [5.41, 5.74) is 5.28. The Kier molecular flexibility index (Phi) is 3.11. The van der Waals surface area contributed by atoms with Crippen LogP contribution in [0.2, 0.25) is 0 Å². The molecule has 0 heterocycles. The van der Waals surface area contributed by atoms with Gasteiger partial charge in [-0.1, -0.05) is 11.6 Å². The van der Waals surface area contributed by atoms with Gasteiger partial charge < -0.3 is 15.8 Å². The highest BCUT2D eigenvalue weighted by atomic mass is 16.4. The lowest BCUT2D eigenvalue weighted by molar-refractivity contribution is -0.136. The van der Waals surface area contributed by atoms with E-state index in [1.165, 1.54) is 4.90 Å². The number of rotatable bonds is 3. The summed E-state index contributed by atoms with van der Waals surface area (Å²) in [5.74, 6) is 0.324. The molecule has 5 heteroatoms. The molecule has 1 saturated carbocycles. The summed E-state index contributed by atoms with van der Waals surface area (Å²) in [6, 6.07) is 0. The van der Waals surface area contributed by atoms with Gasteiger partial charge >= 0.3 is 0 Å². The summed E-state index contributed by atoms with van der Waals surface area (Å²) in [4.78, 5) is 13.0. The van der Waals surface area contributed by atoms with E-state index >= 15 is 0 Å². The number of carbonyl (C=O) groups excluding carboxylic acids is 1. The summed E-state index contributed by atoms with van der Waals surface area (Å²) in [6.45, 7) is 0.200. The van der Waals surface area contributed by atoms with Crippen molar-refractivity contribution in [1.82, 2.24) is 4.90 Å². The van der Waals surface area contributed by atoms with Gasteiger partial charge in [0, 0.05) is 13.0 Å². The van der Waals surface area contributed by atoms with Gasteiger partial charge in [-0.05, 0) is 12.8 Å². The molecule has 0 spiro atoms. The fraction of sp³-hybridized carbons (Fsp3) is 0.750. The van der Waals surface area contributed by atoms with Crippen LogP contribution >= 0.6 is 0 Å². The average molecular weight is 185 g/mol. The zero-order valence-electron chi connectivity index (χ0n) is 7.73. The highest BCUT2D eigenvalue weighted by Gasteiger charge is 2.27. The van der Waals surface area contributed by atoms with Gasteiger partial charge in [-0.3, -0.25) is 4.79 Å². The van der Waals surface area contributed by atoms with Crippen molar-refractivity contribution >= 4 is 11.7 Å². The van der Waals surface area contributed by atoms with Gasteiger partial charge in [0.15, 0.2) is 5.84 Å². The number of nitrogens with two attached hydrogens (primary N) is 1. The van der Waals surface area contributed by atoms with Crippen LogP contribution in [0.15, 0.2) is 5.16 Å². The number of likely N-dealkylation sites (N-methyl/N-ethyl adjacent to an activating group) is 1. The molecule has 74 valence electrons. The first-order valence-electron chi connectivity index (χ1n) is 4.36. The van der Waals surface area contributed by atoms with Gasteiger partial charge in [0.25, 0.3) is 0 Å². The summed E-state index contributed by atoms with van der Waals surface area (Å²) in [6.07, 6.45) is 3.08. The molecule has 1 fully saturated rings. The molecular formula is C8H15N3O2. The lowest BCUT2D eigenvalue weighted by atomic mass is 9.84. The van der Waals surface area contributed by atoms with Crippen LogP contribution in [0.3, 0.4) is 0 Å². The van der Waals surface area contributed by atoms with Crippen molar-refractivity contribution in [3.63, 3.8) is 0 Å². The minimum absolute atomic E-state index is 0.0650. The van der Waals surface area contributed by atoms with Gasteiger partial charge in [-0.2, -0.15) is 0 Å². The van der Waals surface area contributed by atoms with E-state index in [4.69, 9.17) is 10.9 Å². The van der Waals surface area contributed by atoms with E-state index in [0.717, 1.165) is 19.3 Å². The Labute approximate surface area is 77.2 Å². The molecule has 0 aromatic rings. The minimum Gasteiger partial charge on any atom is -0.409 e. The summed E-state index contributed by atoms with van der Waals surface area (Å²) in [7, 11) is 1.67. The molecule has 0 atom stereocenters. The second-order valence-electron chi connectivity index (χ2n) is 3.41. The number of nitrogens with zero attached hydrogens (tertiary/aromatic N) is 2. The van der Waals surface area contributed by atoms with Crippen LogP contribution in [0.25, 0.3) is 0 Å². The average Bonchev–Trinajstić information content (AvgIpc) is 2.00. The van der Waals surface area contributed by atoms with Crippen LogP contribution in [-0.2, 0) is 4.79 Å². The van der Waals surface area contributed by atoms with Crippen molar-refractivity contribution in [1.29, 1.82) is 0 Å². The maximum atomic E-state index is 11.5. The Morgan fingerprint density at radius 2 is 2.31 bits per heavy atom. The standard InChI is InChI=1S/C8H15N3O2/c1-11(5-7(9)10-13)8(12)6-3-2-4-6/h6,13H,2-5H2,1H3,(H2,9,10). The molecule has 1 aliphatic rings. The van der Waals surface area contributed by atoms with Crippen molar-refractivity contribution < 1.29 is 10.0 Å². The molecule has 0 bridgehead atoms. The number of hydrogen-bond acceptors (Lipinski definition) is 3. The molecule has 1 aliphatic carbocycles. The van der Waals surface area contributed by atoms with Crippen LogP contribution in [0.5, 0.6) is 0 Å². The van der Waals surface area contributed by atoms with E-state index in [-0.39, 0.29) is 24.2 Å². The maximum Gasteiger partial charge on any atom is 0.225 e. The van der Waals surface area contributed by atoms with Crippen molar-refractivity contribution in [3.05, 3.63) is 0 Å². The molecule has 0 aromatic heterocycles. The van der Waals surface area contributed by atoms with Crippen molar-refractivity contribution in [2.45, 2.75) is 19.3 Å². The Morgan fingerprint density at radius 3 is 2.69 bits per heavy atom. The molecule has 0 unspecified atom stereocenters. The smallest absolute Gasteiger partial charge is 0.225 e. The van der Waals surface area contributed by atoms with Crippen LogP contribution < -0.4 is 5.73 Å². The number of carbonyl (C=O) groups is 1. The topological polar surface area (TPSA) is 78.9 Å². The molecule has 0 saturated heterocycles. The van der Waals surface area contributed by atoms with Crippen molar-refractivity contribution in [3.8, 4) is 0 Å². The minimum atomic E-state index is 0.0650. The van der Waals surface area contributed by atoms with Gasteiger partial charge in [0.2, 0.25) is 5.91 Å². The molecule has 1 amide bonds. The predicted molar refractivity (Wildman–Crippen MR) is 48.4 cm³/mol. The molecule has 0 radical (unpaired) electrons. The van der Waals surface area contributed by atoms with Gasteiger partial charge in [0.05, 0.1) is 6.54 Å². The Balaban J connectivity index is 2.37. The number of hydrogen-bond donors (Lipinski definition) is 2. The summed E-state index contributed by atoms with van der Waals surface area (Å²) >= 11 is 0. The zero-order chi connectivity index (χ0) is 9.84. The van der Waals surface area contributed by atoms with E-state index in [1.807, 2.05) is 0 Å². The van der Waals surface area contributed by atoms with Crippen LogP contribution in [0, 0.1) is 5.92 Å². The Hall–Kier alpha value is -1.26. The summed E-state index contributed by atoms with van der Waals surface area (Å²) in [5, 5.41) is 11.1. The normalized spacial score (nSPS) is 18.1. The second-order valence-corrected chi connectivity index (χ2v) is 3.41. The molecule has 0 aromatic carbocycles. The lowest BCUT2D eigenvalue weighted by Crippen LogP contribution is -2.40. The predicted octanol–water partition coefficient (Wildman–Crippen LogP) is -0.00870. The van der Waals surface area contributed by atoms with Crippen LogP contribution in [0.1, 0.15) is 19.3 Å². The fourth-order valence-corrected chi connectivity index (χ4v) is 1.32. The lowest BCUT2D eigenvalue weighted by Gasteiger charge is -2.28. The SMILES string of the molecule is CN(CC(N)=NO)C(=O)C1CCC1. The largest absolute Gasteiger partial charge is 0.409 e. The van der Waals surface area contributed by atoms with E-state index in [0.29, 0.717) is 0 Å². The van der Waals surface area contributed by atoms with E-state index in [9.17, 15) is 4.79 Å². The quantitative estimate of drug-likeness (QED) is 0.281. The summed E-state index contributed by atoms with van der Waals surface area (Å²) < 4.78 is 0. The molecular weight excluding hydrogens is 170 g/mol. The highest BCUT2D eigenvalue weighted by molar-refractivity contribution is 5.87. The van der Waals surface area contributed by atoms with Crippen molar-refractivity contribution in [2.75, 3.05) is 13.6 Å². The second kappa shape index (κ2) is 4.11. The third kappa shape index (κ3) is 2.34. The highest BCUT2D eigenvalue weighted by Crippen LogP contribution is 2.27. The fourth-order valence-electron chi connectivity index (χ4n) is 1.32. The van der Waals surface area contributed by atoms with Gasteiger partial charge in [-0.15, -0.1) is 0 Å². The number of amides is 1. The molecule has 3 N–H and O–H groups in total. The molecule has 5 nitrogen and oxygen atoms in total. The monoisotopic (exact) mass is 185 g/mol.